The van der Waals surface area contributed by atoms with Gasteiger partial charge < -0.3 is 15.5 Å². The van der Waals surface area contributed by atoms with Crippen molar-refractivity contribution in [3.63, 3.8) is 0 Å². The zero-order chi connectivity index (χ0) is 10.0. The second kappa shape index (κ2) is 3.59. The molecule has 1 aliphatic heterocycles. The number of hydrogen-bond donors (Lipinski definition) is 2. The molecular formula is C9H15N3O2. The van der Waals surface area contributed by atoms with E-state index in [0.29, 0.717) is 19.8 Å². The number of aromatic amines is 1. The summed E-state index contributed by atoms with van der Waals surface area (Å²) in [6.45, 7) is 1.83. The summed E-state index contributed by atoms with van der Waals surface area (Å²) in [5.74, 6) is 0. The molecule has 0 saturated carbocycles. The molecule has 14 heavy (non-hydrogen) atoms. The van der Waals surface area contributed by atoms with Crippen LogP contribution < -0.4 is 11.4 Å². The van der Waals surface area contributed by atoms with Crippen molar-refractivity contribution < 1.29 is 4.74 Å². The fourth-order valence-electron chi connectivity index (χ4n) is 1.99. The second-order valence-corrected chi connectivity index (χ2v) is 3.68. The average molecular weight is 197 g/mol. The van der Waals surface area contributed by atoms with Crippen LogP contribution in [0.2, 0.25) is 0 Å². The highest BCUT2D eigenvalue weighted by Crippen LogP contribution is 2.26. The zero-order valence-corrected chi connectivity index (χ0v) is 8.03. The van der Waals surface area contributed by atoms with Crippen LogP contribution in [0.3, 0.4) is 0 Å². The number of rotatable bonds is 2. The highest BCUT2D eigenvalue weighted by molar-refractivity contribution is 4.94. The third kappa shape index (κ3) is 1.38. The van der Waals surface area contributed by atoms with Gasteiger partial charge in [-0.1, -0.05) is 0 Å². The number of nitrogens with one attached hydrogen (secondary N) is 1. The van der Waals surface area contributed by atoms with Crippen LogP contribution in [0.1, 0.15) is 12.8 Å². The number of imidazole rings is 1. The van der Waals surface area contributed by atoms with Gasteiger partial charge in [-0.3, -0.25) is 4.57 Å². The Morgan fingerprint density at radius 3 is 2.79 bits per heavy atom. The Morgan fingerprint density at radius 1 is 1.57 bits per heavy atom. The smallest absolute Gasteiger partial charge is 0.326 e. The third-order valence-corrected chi connectivity index (χ3v) is 2.96. The van der Waals surface area contributed by atoms with Crippen LogP contribution in [0, 0.1) is 0 Å². The summed E-state index contributed by atoms with van der Waals surface area (Å²) in [4.78, 5) is 14.1. The maximum Gasteiger partial charge on any atom is 0.326 e. The lowest BCUT2D eigenvalue weighted by Gasteiger charge is -2.36. The van der Waals surface area contributed by atoms with E-state index in [0.717, 1.165) is 12.8 Å². The van der Waals surface area contributed by atoms with Crippen molar-refractivity contribution in [3.8, 4) is 0 Å². The molecule has 1 aromatic rings. The fraction of sp³-hybridized carbons (Fsp3) is 0.667. The SMILES string of the molecule is NCC1(n2cc[nH]c2=O)CCOCC1. The minimum atomic E-state index is -0.241. The van der Waals surface area contributed by atoms with Gasteiger partial charge in [-0.25, -0.2) is 4.79 Å². The van der Waals surface area contributed by atoms with E-state index in [-0.39, 0.29) is 11.2 Å². The maximum absolute atomic E-state index is 11.5. The summed E-state index contributed by atoms with van der Waals surface area (Å²) in [5, 5.41) is 0. The second-order valence-electron chi connectivity index (χ2n) is 3.68. The molecule has 78 valence electrons. The van der Waals surface area contributed by atoms with Crippen LogP contribution in [-0.2, 0) is 10.3 Å². The Bertz CT molecular complexity index is 349. The molecule has 3 N–H and O–H groups in total. The molecule has 0 spiro atoms. The summed E-state index contributed by atoms with van der Waals surface area (Å²) < 4.78 is 6.99. The van der Waals surface area contributed by atoms with Gasteiger partial charge in [-0.15, -0.1) is 0 Å². The standard InChI is InChI=1S/C9H15N3O2/c10-7-9(1-5-14-6-2-9)12-4-3-11-8(12)13/h3-4H,1-2,5-7,10H2,(H,11,13). The van der Waals surface area contributed by atoms with E-state index < -0.39 is 0 Å². The Balaban J connectivity index is 2.36. The maximum atomic E-state index is 11.5. The van der Waals surface area contributed by atoms with Crippen LogP contribution in [0.5, 0.6) is 0 Å². The summed E-state index contributed by atoms with van der Waals surface area (Å²) in [5.41, 5.74) is 5.44. The number of H-pyrrole nitrogens is 1. The predicted molar refractivity (Wildman–Crippen MR) is 52.1 cm³/mol. The molecule has 0 aliphatic carbocycles. The van der Waals surface area contributed by atoms with Gasteiger partial charge in [0, 0.05) is 32.2 Å². The van der Waals surface area contributed by atoms with E-state index in [1.54, 1.807) is 17.0 Å². The predicted octanol–water partition coefficient (Wildman–Crippen LogP) is -0.359. The van der Waals surface area contributed by atoms with Gasteiger partial charge in [0.25, 0.3) is 0 Å². The van der Waals surface area contributed by atoms with E-state index in [9.17, 15) is 4.79 Å². The highest BCUT2D eigenvalue weighted by atomic mass is 16.5. The monoisotopic (exact) mass is 197 g/mol. The quantitative estimate of drug-likeness (QED) is 0.680. The number of nitrogens with zero attached hydrogens (tertiary/aromatic N) is 1. The van der Waals surface area contributed by atoms with Crippen molar-refractivity contribution in [2.45, 2.75) is 18.4 Å². The van der Waals surface area contributed by atoms with Crippen LogP contribution >= 0.6 is 0 Å². The van der Waals surface area contributed by atoms with Crippen molar-refractivity contribution in [3.05, 3.63) is 22.9 Å². The average Bonchev–Trinajstić information content (AvgIpc) is 2.66. The van der Waals surface area contributed by atoms with Gasteiger partial charge in [0.2, 0.25) is 0 Å². The molecule has 5 heteroatoms. The minimum Gasteiger partial charge on any atom is -0.381 e. The first-order chi connectivity index (χ1) is 6.78. The number of nitrogens with two attached hydrogens (primary N) is 1. The van der Waals surface area contributed by atoms with Gasteiger partial charge in [-0.2, -0.15) is 0 Å². The molecule has 5 nitrogen and oxygen atoms in total. The molecule has 2 rings (SSSR count). The molecule has 0 atom stereocenters. The first-order valence-electron chi connectivity index (χ1n) is 4.83. The molecule has 0 radical (unpaired) electrons. The molecule has 0 aromatic carbocycles. The minimum absolute atomic E-state index is 0.0858. The summed E-state index contributed by atoms with van der Waals surface area (Å²) >= 11 is 0. The van der Waals surface area contributed by atoms with Crippen molar-refractivity contribution in [2.24, 2.45) is 5.73 Å². The molecular weight excluding hydrogens is 182 g/mol. The van der Waals surface area contributed by atoms with Crippen LogP contribution in [0.25, 0.3) is 0 Å². The molecule has 0 bridgehead atoms. The molecule has 2 heterocycles. The van der Waals surface area contributed by atoms with Gasteiger partial charge in [0.15, 0.2) is 0 Å². The molecule has 1 aromatic heterocycles. The topological polar surface area (TPSA) is 73.0 Å². The van der Waals surface area contributed by atoms with Crippen molar-refractivity contribution in [1.82, 2.24) is 9.55 Å². The Labute approximate surface area is 81.9 Å². The van der Waals surface area contributed by atoms with Crippen molar-refractivity contribution in [2.75, 3.05) is 19.8 Å². The Morgan fingerprint density at radius 2 is 2.29 bits per heavy atom. The van der Waals surface area contributed by atoms with E-state index >= 15 is 0 Å². The summed E-state index contributed by atoms with van der Waals surface area (Å²) in [6.07, 6.45) is 5.03. The molecule has 0 amide bonds. The molecule has 1 aliphatic rings. The Kier molecular flexibility index (Phi) is 2.43. The van der Waals surface area contributed by atoms with Crippen molar-refractivity contribution in [1.29, 1.82) is 0 Å². The lowest BCUT2D eigenvalue weighted by molar-refractivity contribution is 0.0235. The van der Waals surface area contributed by atoms with Crippen LogP contribution in [0.4, 0.5) is 0 Å². The summed E-state index contributed by atoms with van der Waals surface area (Å²) in [7, 11) is 0. The first kappa shape index (κ1) is 9.48. The lowest BCUT2D eigenvalue weighted by Crippen LogP contribution is -2.49. The van der Waals surface area contributed by atoms with Crippen LogP contribution in [-0.4, -0.2) is 29.3 Å². The third-order valence-electron chi connectivity index (χ3n) is 2.96. The van der Waals surface area contributed by atoms with Gasteiger partial charge in [0.1, 0.15) is 0 Å². The normalized spacial score (nSPS) is 20.9. The van der Waals surface area contributed by atoms with Gasteiger partial charge in [0.05, 0.1) is 5.54 Å². The number of hydrogen-bond acceptors (Lipinski definition) is 3. The first-order valence-corrected chi connectivity index (χ1v) is 4.83. The van der Waals surface area contributed by atoms with E-state index in [2.05, 4.69) is 4.98 Å². The Hall–Kier alpha value is -1.07. The van der Waals surface area contributed by atoms with Crippen molar-refractivity contribution >= 4 is 0 Å². The fourth-order valence-corrected chi connectivity index (χ4v) is 1.99. The number of aromatic nitrogens is 2. The largest absolute Gasteiger partial charge is 0.381 e. The lowest BCUT2D eigenvalue weighted by atomic mass is 9.90. The summed E-state index contributed by atoms with van der Waals surface area (Å²) in [6, 6.07) is 0. The molecule has 0 unspecified atom stereocenters. The van der Waals surface area contributed by atoms with E-state index in [4.69, 9.17) is 10.5 Å². The van der Waals surface area contributed by atoms with Crippen LogP contribution in [0.15, 0.2) is 17.2 Å². The van der Waals surface area contributed by atoms with E-state index in [1.165, 1.54) is 0 Å². The van der Waals surface area contributed by atoms with Gasteiger partial charge in [-0.05, 0) is 12.8 Å². The molecule has 1 saturated heterocycles. The van der Waals surface area contributed by atoms with Gasteiger partial charge >= 0.3 is 5.69 Å². The molecule has 1 fully saturated rings. The zero-order valence-electron chi connectivity index (χ0n) is 8.03. The highest BCUT2D eigenvalue weighted by Gasteiger charge is 2.33. The van der Waals surface area contributed by atoms with E-state index in [1.807, 2.05) is 0 Å². The number of ether oxygens (including phenoxy) is 1.